The van der Waals surface area contributed by atoms with E-state index in [0.29, 0.717) is 12.0 Å². The van der Waals surface area contributed by atoms with E-state index in [-0.39, 0.29) is 5.41 Å². The summed E-state index contributed by atoms with van der Waals surface area (Å²) >= 11 is 0. The molecule has 80 valence electrons. The van der Waals surface area contributed by atoms with E-state index >= 15 is 0 Å². The highest BCUT2D eigenvalue weighted by Gasteiger charge is 2.67. The summed E-state index contributed by atoms with van der Waals surface area (Å²) in [6, 6.07) is 3.85. The Bertz CT molecular complexity index is 388. The summed E-state index contributed by atoms with van der Waals surface area (Å²) in [5.74, 6) is -0.951. The summed E-state index contributed by atoms with van der Waals surface area (Å²) in [6.07, 6.45) is 3.00. The summed E-state index contributed by atoms with van der Waals surface area (Å²) in [4.78, 5) is 0. The highest BCUT2D eigenvalue weighted by molar-refractivity contribution is 5.39. The van der Waals surface area contributed by atoms with Crippen LogP contribution in [0.5, 0.6) is 0 Å². The Morgan fingerprint density at radius 3 is 2.07 bits per heavy atom. The van der Waals surface area contributed by atoms with Gasteiger partial charge in [-0.05, 0) is 54.3 Å². The molecule has 2 bridgehead atoms. The molecule has 0 radical (unpaired) electrons. The van der Waals surface area contributed by atoms with Crippen LogP contribution in [-0.2, 0) is 5.41 Å². The van der Waals surface area contributed by atoms with Crippen LogP contribution in [0.3, 0.4) is 0 Å². The van der Waals surface area contributed by atoms with Crippen LogP contribution < -0.4 is 5.73 Å². The average molecular weight is 209 g/mol. The number of hydrogen-bond acceptors (Lipinski definition) is 1. The van der Waals surface area contributed by atoms with Crippen molar-refractivity contribution in [3.63, 3.8) is 0 Å². The fourth-order valence-electron chi connectivity index (χ4n) is 3.38. The number of rotatable bonds is 2. The van der Waals surface area contributed by atoms with Crippen LogP contribution in [0.25, 0.3) is 0 Å². The second-order valence-electron chi connectivity index (χ2n) is 5.17. The standard InChI is InChI=1S/C12H13F2N/c13-9-1-8(2-10(14)3-9)12-4-11(5-12,6-12)7-15/h1-3H,4-7,15H2. The minimum Gasteiger partial charge on any atom is -0.330 e. The molecule has 3 heteroatoms. The molecular weight excluding hydrogens is 196 g/mol. The van der Waals surface area contributed by atoms with Gasteiger partial charge in [0.05, 0.1) is 0 Å². The van der Waals surface area contributed by atoms with Crippen LogP contribution >= 0.6 is 0 Å². The fraction of sp³-hybridized carbons (Fsp3) is 0.500. The Morgan fingerprint density at radius 2 is 1.60 bits per heavy atom. The Balaban J connectivity index is 1.90. The molecule has 3 aliphatic carbocycles. The number of halogens is 2. The highest BCUT2D eigenvalue weighted by atomic mass is 19.1. The lowest BCUT2D eigenvalue weighted by Crippen LogP contribution is -2.67. The first-order valence-electron chi connectivity index (χ1n) is 5.24. The molecule has 0 amide bonds. The summed E-state index contributed by atoms with van der Waals surface area (Å²) in [5, 5.41) is 0. The second-order valence-corrected chi connectivity index (χ2v) is 5.17. The molecular formula is C12H13F2N. The maximum atomic E-state index is 13.0. The van der Waals surface area contributed by atoms with Gasteiger partial charge in [0.1, 0.15) is 11.6 Å². The van der Waals surface area contributed by atoms with E-state index < -0.39 is 11.6 Å². The molecule has 0 atom stereocenters. The molecule has 0 spiro atoms. The third-order valence-electron chi connectivity index (χ3n) is 4.05. The maximum Gasteiger partial charge on any atom is 0.126 e. The average Bonchev–Trinajstić information content (AvgIpc) is 1.97. The predicted molar refractivity (Wildman–Crippen MR) is 53.4 cm³/mol. The summed E-state index contributed by atoms with van der Waals surface area (Å²) < 4.78 is 26.1. The van der Waals surface area contributed by atoms with Crippen molar-refractivity contribution >= 4 is 0 Å². The first kappa shape index (κ1) is 9.28. The third-order valence-corrected chi connectivity index (χ3v) is 4.05. The van der Waals surface area contributed by atoms with Gasteiger partial charge in [-0.1, -0.05) is 0 Å². The molecule has 1 aromatic rings. The zero-order chi connectivity index (χ0) is 10.7. The second kappa shape index (κ2) is 2.59. The Kier molecular flexibility index (Phi) is 1.60. The van der Waals surface area contributed by atoms with Gasteiger partial charge >= 0.3 is 0 Å². The molecule has 2 N–H and O–H groups in total. The summed E-state index contributed by atoms with van der Waals surface area (Å²) in [6.45, 7) is 0.701. The molecule has 1 aromatic carbocycles. The summed E-state index contributed by atoms with van der Waals surface area (Å²) in [5.41, 5.74) is 6.81. The van der Waals surface area contributed by atoms with E-state index in [1.807, 2.05) is 0 Å². The molecule has 0 unspecified atom stereocenters. The van der Waals surface area contributed by atoms with E-state index in [1.54, 1.807) is 0 Å². The van der Waals surface area contributed by atoms with Gasteiger partial charge in [-0.3, -0.25) is 0 Å². The van der Waals surface area contributed by atoms with Crippen molar-refractivity contribution in [3.05, 3.63) is 35.4 Å². The lowest BCUT2D eigenvalue weighted by molar-refractivity contribution is -0.132. The highest BCUT2D eigenvalue weighted by Crippen LogP contribution is 2.73. The lowest BCUT2D eigenvalue weighted by atomic mass is 9.33. The smallest absolute Gasteiger partial charge is 0.126 e. The zero-order valence-corrected chi connectivity index (χ0v) is 8.39. The van der Waals surface area contributed by atoms with Crippen LogP contribution in [0, 0.1) is 17.0 Å². The minimum atomic E-state index is -0.475. The Labute approximate surface area is 87.3 Å². The normalized spacial score (nSPS) is 37.0. The maximum absolute atomic E-state index is 13.0. The number of hydrogen-bond donors (Lipinski definition) is 1. The SMILES string of the molecule is NCC12CC(c3cc(F)cc(F)c3)(C1)C2. The van der Waals surface area contributed by atoms with Crippen LogP contribution in [0.2, 0.25) is 0 Å². The van der Waals surface area contributed by atoms with Crippen molar-refractivity contribution in [2.75, 3.05) is 6.54 Å². The van der Waals surface area contributed by atoms with Crippen LogP contribution in [0.1, 0.15) is 24.8 Å². The van der Waals surface area contributed by atoms with Gasteiger partial charge in [0, 0.05) is 6.07 Å². The van der Waals surface area contributed by atoms with Gasteiger partial charge in [-0.25, -0.2) is 8.78 Å². The van der Waals surface area contributed by atoms with Crippen molar-refractivity contribution in [1.29, 1.82) is 0 Å². The monoisotopic (exact) mass is 209 g/mol. The number of benzene rings is 1. The van der Waals surface area contributed by atoms with E-state index in [1.165, 1.54) is 12.1 Å². The van der Waals surface area contributed by atoms with Gasteiger partial charge in [0.2, 0.25) is 0 Å². The molecule has 0 aromatic heterocycles. The van der Waals surface area contributed by atoms with Crippen LogP contribution in [-0.4, -0.2) is 6.54 Å². The molecule has 1 nitrogen and oxygen atoms in total. The van der Waals surface area contributed by atoms with E-state index in [2.05, 4.69) is 0 Å². The van der Waals surface area contributed by atoms with Crippen molar-refractivity contribution in [2.24, 2.45) is 11.1 Å². The molecule has 0 saturated heterocycles. The van der Waals surface area contributed by atoms with E-state index in [9.17, 15) is 8.78 Å². The quantitative estimate of drug-likeness (QED) is 0.795. The molecule has 3 fully saturated rings. The first-order valence-corrected chi connectivity index (χ1v) is 5.24. The molecule has 3 aliphatic rings. The first-order chi connectivity index (χ1) is 7.07. The molecule has 0 heterocycles. The van der Waals surface area contributed by atoms with Gasteiger partial charge in [0.25, 0.3) is 0 Å². The van der Waals surface area contributed by atoms with Gasteiger partial charge in [-0.15, -0.1) is 0 Å². The van der Waals surface area contributed by atoms with E-state index in [0.717, 1.165) is 30.9 Å². The summed E-state index contributed by atoms with van der Waals surface area (Å²) in [7, 11) is 0. The minimum absolute atomic E-state index is 0.0440. The van der Waals surface area contributed by atoms with Gasteiger partial charge < -0.3 is 5.73 Å². The van der Waals surface area contributed by atoms with Crippen LogP contribution in [0.4, 0.5) is 8.78 Å². The molecule has 3 saturated carbocycles. The lowest BCUT2D eigenvalue weighted by Gasteiger charge is -2.71. The molecule has 15 heavy (non-hydrogen) atoms. The Hall–Kier alpha value is -0.960. The van der Waals surface area contributed by atoms with Crippen LogP contribution in [0.15, 0.2) is 18.2 Å². The van der Waals surface area contributed by atoms with Crippen molar-refractivity contribution < 1.29 is 8.78 Å². The number of nitrogens with two attached hydrogens (primary N) is 1. The van der Waals surface area contributed by atoms with E-state index in [4.69, 9.17) is 5.73 Å². The largest absolute Gasteiger partial charge is 0.330 e. The predicted octanol–water partition coefficient (Wildman–Crippen LogP) is 2.35. The van der Waals surface area contributed by atoms with Crippen molar-refractivity contribution in [3.8, 4) is 0 Å². The third kappa shape index (κ3) is 1.10. The molecule has 4 rings (SSSR count). The Morgan fingerprint density at radius 1 is 1.07 bits per heavy atom. The molecule has 0 aliphatic heterocycles. The fourth-order valence-corrected chi connectivity index (χ4v) is 3.38. The van der Waals surface area contributed by atoms with Crippen molar-refractivity contribution in [1.82, 2.24) is 0 Å². The van der Waals surface area contributed by atoms with Gasteiger partial charge in [-0.2, -0.15) is 0 Å². The topological polar surface area (TPSA) is 26.0 Å². The van der Waals surface area contributed by atoms with Crippen molar-refractivity contribution in [2.45, 2.75) is 24.7 Å². The zero-order valence-electron chi connectivity index (χ0n) is 8.39. The van der Waals surface area contributed by atoms with Gasteiger partial charge in [0.15, 0.2) is 0 Å².